The quantitative estimate of drug-likeness (QED) is 0.895. The Morgan fingerprint density at radius 3 is 2.14 bits per heavy atom. The molecule has 1 aromatic rings. The lowest BCUT2D eigenvalue weighted by Crippen LogP contribution is -2.48. The van der Waals surface area contributed by atoms with Crippen molar-refractivity contribution in [1.29, 1.82) is 0 Å². The van der Waals surface area contributed by atoms with Crippen LogP contribution in [0.15, 0.2) is 0 Å². The zero-order valence-electron chi connectivity index (χ0n) is 15.3. The second-order valence-corrected chi connectivity index (χ2v) is 8.68. The van der Waals surface area contributed by atoms with Gasteiger partial charge in [0.2, 0.25) is 0 Å². The van der Waals surface area contributed by atoms with Gasteiger partial charge in [-0.2, -0.15) is 5.10 Å². The van der Waals surface area contributed by atoms with Crippen molar-refractivity contribution >= 4 is 5.82 Å². The first-order chi connectivity index (χ1) is 9.38. The molecule has 0 spiro atoms. The van der Waals surface area contributed by atoms with E-state index in [2.05, 4.69) is 77.2 Å². The van der Waals surface area contributed by atoms with Crippen LogP contribution in [0.1, 0.15) is 73.6 Å². The Morgan fingerprint density at radius 1 is 1.14 bits per heavy atom. The first kappa shape index (κ1) is 16.3. The van der Waals surface area contributed by atoms with Crippen LogP contribution in [0.4, 0.5) is 5.82 Å². The molecule has 0 amide bonds. The summed E-state index contributed by atoms with van der Waals surface area (Å²) in [6, 6.07) is 0. The van der Waals surface area contributed by atoms with Gasteiger partial charge in [-0.15, -0.1) is 0 Å². The van der Waals surface area contributed by atoms with Gasteiger partial charge in [-0.25, -0.2) is 0 Å². The van der Waals surface area contributed by atoms with Crippen molar-refractivity contribution < 1.29 is 0 Å². The maximum Gasteiger partial charge on any atom is 0.153 e. The van der Waals surface area contributed by atoms with Crippen LogP contribution in [-0.2, 0) is 18.6 Å². The summed E-state index contributed by atoms with van der Waals surface area (Å²) >= 11 is 0. The highest BCUT2D eigenvalue weighted by Crippen LogP contribution is 2.45. The van der Waals surface area contributed by atoms with E-state index in [9.17, 15) is 0 Å². The third-order valence-electron chi connectivity index (χ3n) is 4.22. The van der Waals surface area contributed by atoms with Gasteiger partial charge in [-0.1, -0.05) is 0 Å². The number of rotatable bonds is 2. The predicted molar refractivity (Wildman–Crippen MR) is 89.6 cm³/mol. The van der Waals surface area contributed by atoms with Crippen LogP contribution in [0.2, 0.25) is 0 Å². The number of hydrogen-bond donors (Lipinski definition) is 1. The number of aromatic nitrogens is 2. The summed E-state index contributed by atoms with van der Waals surface area (Å²) in [5.41, 5.74) is 2.91. The van der Waals surface area contributed by atoms with Gasteiger partial charge in [0, 0.05) is 29.7 Å². The maximum absolute atomic E-state index is 4.83. The molecule has 0 bridgehead atoms. The van der Waals surface area contributed by atoms with Crippen LogP contribution in [0.3, 0.4) is 0 Å². The Morgan fingerprint density at radius 2 is 1.71 bits per heavy atom. The molecule has 1 N–H and O–H groups in total. The van der Waals surface area contributed by atoms with Crippen LogP contribution in [-0.4, -0.2) is 25.8 Å². The average Bonchev–Trinajstić information content (AvgIpc) is 2.73. The summed E-state index contributed by atoms with van der Waals surface area (Å²) in [6.07, 6.45) is 0. The fraction of sp³-hybridized carbons (Fsp3) is 0.824. The van der Waals surface area contributed by atoms with Crippen molar-refractivity contribution in [1.82, 2.24) is 14.7 Å². The summed E-state index contributed by atoms with van der Waals surface area (Å²) in [4.78, 5) is 2.58. The van der Waals surface area contributed by atoms with Crippen molar-refractivity contribution in [3.05, 3.63) is 11.3 Å². The van der Waals surface area contributed by atoms with E-state index >= 15 is 0 Å². The van der Waals surface area contributed by atoms with Crippen molar-refractivity contribution in [2.75, 3.05) is 5.32 Å². The smallest absolute Gasteiger partial charge is 0.153 e. The minimum absolute atomic E-state index is 0.00834. The normalized spacial score (nSPS) is 18.9. The Hall–Kier alpha value is -1.03. The third-order valence-corrected chi connectivity index (χ3v) is 4.22. The molecule has 0 unspecified atom stereocenters. The van der Waals surface area contributed by atoms with Gasteiger partial charge in [-0.3, -0.25) is 9.58 Å². The molecule has 2 heterocycles. The minimum atomic E-state index is 0.00834. The van der Waals surface area contributed by atoms with E-state index in [0.29, 0.717) is 0 Å². The van der Waals surface area contributed by atoms with Gasteiger partial charge in [0.05, 0.1) is 11.2 Å². The van der Waals surface area contributed by atoms with E-state index < -0.39 is 0 Å². The predicted octanol–water partition coefficient (Wildman–Crippen LogP) is 3.96. The summed E-state index contributed by atoms with van der Waals surface area (Å²) < 4.78 is 2.18. The molecule has 0 aliphatic carbocycles. The van der Waals surface area contributed by atoms with E-state index in [4.69, 9.17) is 5.10 Å². The molecule has 1 aliphatic rings. The molecule has 120 valence electrons. The lowest BCUT2D eigenvalue weighted by Gasteiger charge is -2.42. The Kier molecular flexibility index (Phi) is 3.68. The summed E-state index contributed by atoms with van der Waals surface area (Å²) in [5.74, 6) is 1.05. The van der Waals surface area contributed by atoms with Crippen molar-refractivity contribution in [2.24, 2.45) is 0 Å². The number of hydrogen-bond acceptors (Lipinski definition) is 3. The fourth-order valence-electron chi connectivity index (χ4n) is 3.58. The molecule has 21 heavy (non-hydrogen) atoms. The first-order valence-corrected chi connectivity index (χ1v) is 8.04. The van der Waals surface area contributed by atoms with Gasteiger partial charge >= 0.3 is 0 Å². The lowest BCUT2D eigenvalue weighted by molar-refractivity contribution is 0.0308. The van der Waals surface area contributed by atoms with Crippen molar-refractivity contribution in [2.45, 2.75) is 92.0 Å². The van der Waals surface area contributed by atoms with E-state index in [1.165, 1.54) is 11.3 Å². The van der Waals surface area contributed by atoms with Crippen LogP contribution in [0.25, 0.3) is 0 Å². The molecule has 2 rings (SSSR count). The van der Waals surface area contributed by atoms with Gasteiger partial charge in [0.15, 0.2) is 5.82 Å². The van der Waals surface area contributed by atoms with E-state index in [0.717, 1.165) is 18.9 Å². The highest BCUT2D eigenvalue weighted by Gasteiger charge is 2.47. The molecule has 4 nitrogen and oxygen atoms in total. The zero-order valence-corrected chi connectivity index (χ0v) is 15.3. The fourth-order valence-corrected chi connectivity index (χ4v) is 3.58. The van der Waals surface area contributed by atoms with E-state index in [1.54, 1.807) is 0 Å². The van der Waals surface area contributed by atoms with Crippen LogP contribution < -0.4 is 5.32 Å². The molecule has 0 fully saturated rings. The largest absolute Gasteiger partial charge is 0.364 e. The van der Waals surface area contributed by atoms with Crippen LogP contribution in [0, 0.1) is 0 Å². The molecule has 1 aromatic heterocycles. The highest BCUT2D eigenvalue weighted by molar-refractivity contribution is 5.53. The molecule has 0 atom stereocenters. The Balaban J connectivity index is 2.53. The number of nitrogens with zero attached hydrogens (tertiary/aromatic N) is 3. The highest BCUT2D eigenvalue weighted by atomic mass is 15.4. The average molecular weight is 292 g/mol. The number of anilines is 1. The van der Waals surface area contributed by atoms with Crippen molar-refractivity contribution in [3.8, 4) is 0 Å². The van der Waals surface area contributed by atoms with Crippen molar-refractivity contribution in [3.63, 3.8) is 0 Å². The topological polar surface area (TPSA) is 33.1 Å². The van der Waals surface area contributed by atoms with E-state index in [-0.39, 0.29) is 16.6 Å². The molecule has 0 aromatic carbocycles. The lowest BCUT2D eigenvalue weighted by atomic mass is 9.95. The first-order valence-electron chi connectivity index (χ1n) is 8.04. The van der Waals surface area contributed by atoms with Gasteiger partial charge in [0.25, 0.3) is 0 Å². The van der Waals surface area contributed by atoms with Gasteiger partial charge in [-0.05, 0) is 62.3 Å². The molecular weight excluding hydrogens is 260 g/mol. The second-order valence-electron chi connectivity index (χ2n) is 8.68. The van der Waals surface area contributed by atoms with Crippen LogP contribution >= 0.6 is 0 Å². The standard InChI is InChI=1S/C17H32N4/c1-10-20-13-12(14(19-20)18-15(2,3)4)11-21(16(5,6)7)17(13,8)9/h10-11H2,1-9H3,(H,18,19). The van der Waals surface area contributed by atoms with E-state index in [1.807, 2.05) is 0 Å². The minimum Gasteiger partial charge on any atom is -0.364 e. The molecular formula is C17H32N4. The molecule has 4 heteroatoms. The summed E-state index contributed by atoms with van der Waals surface area (Å²) in [5, 5.41) is 8.41. The molecule has 0 saturated heterocycles. The van der Waals surface area contributed by atoms with Gasteiger partial charge in [0.1, 0.15) is 0 Å². The third kappa shape index (κ3) is 2.83. The zero-order chi connectivity index (χ0) is 16.2. The van der Waals surface area contributed by atoms with Crippen LogP contribution in [0.5, 0.6) is 0 Å². The monoisotopic (exact) mass is 292 g/mol. The summed E-state index contributed by atoms with van der Waals surface area (Å²) in [7, 11) is 0. The van der Waals surface area contributed by atoms with Gasteiger partial charge < -0.3 is 5.32 Å². The number of aryl methyl sites for hydroxylation is 1. The number of fused-ring (bicyclic) bond motifs is 1. The summed E-state index contributed by atoms with van der Waals surface area (Å²) in [6.45, 7) is 22.1. The molecule has 0 saturated carbocycles. The molecule has 1 aliphatic heterocycles. The SMILES string of the molecule is CCn1nc(NC(C)(C)C)c2c1C(C)(C)N(C(C)(C)C)C2. The second kappa shape index (κ2) is 4.73. The Labute approximate surface area is 129 Å². The molecule has 0 radical (unpaired) electrons. The number of nitrogens with one attached hydrogen (secondary N) is 1. The maximum atomic E-state index is 4.83. The Bertz CT molecular complexity index is 526.